The summed E-state index contributed by atoms with van der Waals surface area (Å²) < 4.78 is 0.469. The molecule has 0 amide bonds. The number of anilines is 1. The van der Waals surface area contributed by atoms with Crippen LogP contribution in [0.15, 0.2) is 15.6 Å². The molecule has 0 saturated carbocycles. The van der Waals surface area contributed by atoms with Crippen LogP contribution in [0.4, 0.5) is 5.82 Å². The molecule has 78 valence electrons. The van der Waals surface area contributed by atoms with E-state index in [1.807, 2.05) is 0 Å². The van der Waals surface area contributed by atoms with Gasteiger partial charge in [-0.15, -0.1) is 0 Å². The van der Waals surface area contributed by atoms with E-state index in [1.54, 1.807) is 0 Å². The molecule has 0 aromatic carbocycles. The SMILES string of the molecule is CCCCCNc1nc[nH]c(=O)c1Br. The number of rotatable bonds is 5. The van der Waals surface area contributed by atoms with Gasteiger partial charge in [-0.2, -0.15) is 0 Å². The first-order valence-electron chi connectivity index (χ1n) is 4.72. The van der Waals surface area contributed by atoms with Crippen LogP contribution in [0.5, 0.6) is 0 Å². The maximum absolute atomic E-state index is 11.1. The van der Waals surface area contributed by atoms with Crippen LogP contribution in [0.3, 0.4) is 0 Å². The Morgan fingerprint density at radius 3 is 3.07 bits per heavy atom. The summed E-state index contributed by atoms with van der Waals surface area (Å²) in [6.07, 6.45) is 4.87. The van der Waals surface area contributed by atoms with Gasteiger partial charge in [0.2, 0.25) is 0 Å². The standard InChI is InChI=1S/C9H14BrN3O/c1-2-3-4-5-11-8-7(10)9(14)13-6-12-8/h6H,2-5H2,1H3,(H2,11,12,13,14). The van der Waals surface area contributed by atoms with E-state index in [2.05, 4.69) is 38.1 Å². The summed E-state index contributed by atoms with van der Waals surface area (Å²) in [7, 11) is 0. The van der Waals surface area contributed by atoms with Gasteiger partial charge in [0.15, 0.2) is 0 Å². The maximum Gasteiger partial charge on any atom is 0.267 e. The molecule has 5 heteroatoms. The van der Waals surface area contributed by atoms with Crippen LogP contribution in [-0.2, 0) is 0 Å². The van der Waals surface area contributed by atoms with E-state index < -0.39 is 0 Å². The molecule has 0 saturated heterocycles. The zero-order valence-electron chi connectivity index (χ0n) is 8.14. The number of hydrogen-bond donors (Lipinski definition) is 2. The van der Waals surface area contributed by atoms with Gasteiger partial charge in [0.05, 0.1) is 6.33 Å². The van der Waals surface area contributed by atoms with Gasteiger partial charge in [-0.05, 0) is 22.4 Å². The predicted octanol–water partition coefficient (Wildman–Crippen LogP) is 2.13. The number of nitrogens with zero attached hydrogens (tertiary/aromatic N) is 1. The summed E-state index contributed by atoms with van der Waals surface area (Å²) >= 11 is 3.18. The molecule has 0 radical (unpaired) electrons. The zero-order chi connectivity index (χ0) is 10.4. The quantitative estimate of drug-likeness (QED) is 0.797. The number of aromatic nitrogens is 2. The normalized spacial score (nSPS) is 10.1. The lowest BCUT2D eigenvalue weighted by Crippen LogP contribution is -2.12. The van der Waals surface area contributed by atoms with Crippen molar-refractivity contribution in [2.45, 2.75) is 26.2 Å². The van der Waals surface area contributed by atoms with Gasteiger partial charge in [-0.25, -0.2) is 4.98 Å². The molecular formula is C9H14BrN3O. The third-order valence-corrected chi connectivity index (χ3v) is 2.61. The Morgan fingerprint density at radius 1 is 1.57 bits per heavy atom. The Labute approximate surface area is 91.3 Å². The number of nitrogens with one attached hydrogen (secondary N) is 2. The lowest BCUT2D eigenvalue weighted by atomic mass is 10.2. The van der Waals surface area contributed by atoms with Crippen molar-refractivity contribution in [3.63, 3.8) is 0 Å². The molecule has 1 heterocycles. The van der Waals surface area contributed by atoms with Gasteiger partial charge < -0.3 is 10.3 Å². The van der Waals surface area contributed by atoms with E-state index in [-0.39, 0.29) is 5.56 Å². The van der Waals surface area contributed by atoms with Crippen LogP contribution in [-0.4, -0.2) is 16.5 Å². The van der Waals surface area contributed by atoms with Crippen LogP contribution >= 0.6 is 15.9 Å². The Hall–Kier alpha value is -0.840. The molecule has 1 aromatic rings. The summed E-state index contributed by atoms with van der Waals surface area (Å²) in [5.41, 5.74) is -0.155. The van der Waals surface area contributed by atoms with E-state index in [0.29, 0.717) is 10.3 Å². The number of unbranched alkanes of at least 4 members (excludes halogenated alkanes) is 2. The fourth-order valence-electron chi connectivity index (χ4n) is 1.09. The molecule has 0 aliphatic rings. The molecule has 0 unspecified atom stereocenters. The van der Waals surface area contributed by atoms with Crippen molar-refractivity contribution in [3.05, 3.63) is 21.2 Å². The van der Waals surface area contributed by atoms with Gasteiger partial charge in [0, 0.05) is 6.54 Å². The van der Waals surface area contributed by atoms with E-state index in [1.165, 1.54) is 19.2 Å². The molecule has 0 fully saturated rings. The zero-order valence-corrected chi connectivity index (χ0v) is 9.73. The van der Waals surface area contributed by atoms with Crippen molar-refractivity contribution in [1.82, 2.24) is 9.97 Å². The number of H-pyrrole nitrogens is 1. The monoisotopic (exact) mass is 259 g/mol. The third-order valence-electron chi connectivity index (χ3n) is 1.87. The second kappa shape index (κ2) is 5.80. The van der Waals surface area contributed by atoms with E-state index in [0.717, 1.165) is 13.0 Å². The van der Waals surface area contributed by atoms with Crippen molar-refractivity contribution in [2.75, 3.05) is 11.9 Å². The highest BCUT2D eigenvalue weighted by atomic mass is 79.9. The van der Waals surface area contributed by atoms with Gasteiger partial charge in [-0.3, -0.25) is 4.79 Å². The van der Waals surface area contributed by atoms with Gasteiger partial charge in [-0.1, -0.05) is 19.8 Å². The minimum Gasteiger partial charge on any atom is -0.369 e. The molecule has 0 bridgehead atoms. The Kier molecular flexibility index (Phi) is 4.65. The summed E-state index contributed by atoms with van der Waals surface area (Å²) in [6, 6.07) is 0. The van der Waals surface area contributed by atoms with Gasteiger partial charge >= 0.3 is 0 Å². The highest BCUT2D eigenvalue weighted by molar-refractivity contribution is 9.10. The maximum atomic E-state index is 11.1. The minimum absolute atomic E-state index is 0.155. The van der Waals surface area contributed by atoms with Crippen LogP contribution < -0.4 is 10.9 Å². The van der Waals surface area contributed by atoms with E-state index >= 15 is 0 Å². The number of hydrogen-bond acceptors (Lipinski definition) is 3. The molecule has 0 atom stereocenters. The molecule has 1 rings (SSSR count). The molecule has 4 nitrogen and oxygen atoms in total. The Balaban J connectivity index is 2.51. The minimum atomic E-state index is -0.155. The molecule has 2 N–H and O–H groups in total. The lowest BCUT2D eigenvalue weighted by molar-refractivity contribution is 0.741. The third kappa shape index (κ3) is 3.14. The first-order valence-corrected chi connectivity index (χ1v) is 5.52. The van der Waals surface area contributed by atoms with Crippen LogP contribution in [0.25, 0.3) is 0 Å². The summed E-state index contributed by atoms with van der Waals surface area (Å²) in [6.45, 7) is 3.00. The van der Waals surface area contributed by atoms with Crippen LogP contribution in [0.1, 0.15) is 26.2 Å². The highest BCUT2D eigenvalue weighted by Gasteiger charge is 2.03. The van der Waals surface area contributed by atoms with E-state index in [4.69, 9.17) is 0 Å². The van der Waals surface area contributed by atoms with Crippen molar-refractivity contribution in [2.24, 2.45) is 0 Å². The molecule has 1 aromatic heterocycles. The molecule has 14 heavy (non-hydrogen) atoms. The number of aromatic amines is 1. The van der Waals surface area contributed by atoms with Gasteiger partial charge in [0.25, 0.3) is 5.56 Å². The average Bonchev–Trinajstić information content (AvgIpc) is 2.19. The molecule has 0 aliphatic heterocycles. The van der Waals surface area contributed by atoms with Crippen molar-refractivity contribution in [3.8, 4) is 0 Å². The predicted molar refractivity (Wildman–Crippen MR) is 60.6 cm³/mol. The average molecular weight is 260 g/mol. The first-order chi connectivity index (χ1) is 6.75. The molecule has 0 aliphatic carbocycles. The summed E-state index contributed by atoms with van der Waals surface area (Å²) in [4.78, 5) is 17.7. The number of halogens is 1. The van der Waals surface area contributed by atoms with Crippen molar-refractivity contribution >= 4 is 21.7 Å². The fraction of sp³-hybridized carbons (Fsp3) is 0.556. The van der Waals surface area contributed by atoms with Crippen molar-refractivity contribution in [1.29, 1.82) is 0 Å². The topological polar surface area (TPSA) is 57.8 Å². The highest BCUT2D eigenvalue weighted by Crippen LogP contribution is 2.12. The first kappa shape index (κ1) is 11.2. The van der Waals surface area contributed by atoms with Crippen LogP contribution in [0, 0.1) is 0 Å². The molecule has 0 spiro atoms. The summed E-state index contributed by atoms with van der Waals surface area (Å²) in [5.74, 6) is 0.616. The van der Waals surface area contributed by atoms with Crippen LogP contribution in [0.2, 0.25) is 0 Å². The second-order valence-corrected chi connectivity index (χ2v) is 3.82. The largest absolute Gasteiger partial charge is 0.369 e. The second-order valence-electron chi connectivity index (χ2n) is 3.03. The molecular weight excluding hydrogens is 246 g/mol. The Morgan fingerprint density at radius 2 is 2.36 bits per heavy atom. The lowest BCUT2D eigenvalue weighted by Gasteiger charge is -2.05. The van der Waals surface area contributed by atoms with Crippen molar-refractivity contribution < 1.29 is 0 Å². The Bertz CT molecular complexity index is 337. The van der Waals surface area contributed by atoms with E-state index in [9.17, 15) is 4.79 Å². The summed E-state index contributed by atoms with van der Waals surface area (Å²) in [5, 5.41) is 3.11. The smallest absolute Gasteiger partial charge is 0.267 e. The fourth-order valence-corrected chi connectivity index (χ4v) is 1.45. The van der Waals surface area contributed by atoms with Gasteiger partial charge in [0.1, 0.15) is 10.3 Å².